The van der Waals surface area contributed by atoms with Gasteiger partial charge in [-0.25, -0.2) is 0 Å². The van der Waals surface area contributed by atoms with Gasteiger partial charge in [0, 0.05) is 17.5 Å². The quantitative estimate of drug-likeness (QED) is 0.855. The van der Waals surface area contributed by atoms with Crippen LogP contribution in [-0.2, 0) is 22.5 Å². The average molecular weight is 313 g/mol. The van der Waals surface area contributed by atoms with Crippen molar-refractivity contribution in [2.45, 2.75) is 25.5 Å². The zero-order valence-electron chi connectivity index (χ0n) is 12.9. The SMILES string of the molecule is O=C(c1occ2c1CCOC2)N1COCCC1c1ccccc1. The number of rotatable bonds is 2. The number of hydrogen-bond acceptors (Lipinski definition) is 4. The molecule has 4 rings (SSSR count). The van der Waals surface area contributed by atoms with E-state index >= 15 is 0 Å². The van der Waals surface area contributed by atoms with Gasteiger partial charge in [-0.2, -0.15) is 0 Å². The van der Waals surface area contributed by atoms with Crippen LogP contribution in [0.1, 0.15) is 39.7 Å². The monoisotopic (exact) mass is 313 g/mol. The van der Waals surface area contributed by atoms with Crippen molar-refractivity contribution >= 4 is 5.91 Å². The number of benzene rings is 1. The van der Waals surface area contributed by atoms with Gasteiger partial charge in [-0.05, 0) is 12.0 Å². The van der Waals surface area contributed by atoms with Crippen LogP contribution in [0.25, 0.3) is 0 Å². The summed E-state index contributed by atoms with van der Waals surface area (Å²) in [6.07, 6.45) is 3.16. The Morgan fingerprint density at radius 1 is 1.13 bits per heavy atom. The fraction of sp³-hybridized carbons (Fsp3) is 0.389. The van der Waals surface area contributed by atoms with Crippen LogP contribution < -0.4 is 0 Å². The maximum atomic E-state index is 13.0. The van der Waals surface area contributed by atoms with Gasteiger partial charge < -0.3 is 18.8 Å². The van der Waals surface area contributed by atoms with Crippen LogP contribution in [0, 0.1) is 0 Å². The second-order valence-corrected chi connectivity index (χ2v) is 5.90. The number of ether oxygens (including phenoxy) is 2. The van der Waals surface area contributed by atoms with Gasteiger partial charge in [0.2, 0.25) is 0 Å². The summed E-state index contributed by atoms with van der Waals surface area (Å²) in [5, 5.41) is 0. The minimum Gasteiger partial charge on any atom is -0.458 e. The lowest BCUT2D eigenvalue weighted by molar-refractivity contribution is -0.0354. The van der Waals surface area contributed by atoms with E-state index in [9.17, 15) is 4.79 Å². The number of hydrogen-bond donors (Lipinski definition) is 0. The number of carbonyl (C=O) groups is 1. The molecule has 0 N–H and O–H groups in total. The molecule has 120 valence electrons. The molecule has 5 heteroatoms. The molecule has 3 heterocycles. The van der Waals surface area contributed by atoms with E-state index in [-0.39, 0.29) is 11.9 Å². The molecule has 1 unspecified atom stereocenters. The van der Waals surface area contributed by atoms with Crippen molar-refractivity contribution in [1.29, 1.82) is 0 Å². The van der Waals surface area contributed by atoms with Crippen LogP contribution in [0.2, 0.25) is 0 Å². The fourth-order valence-corrected chi connectivity index (χ4v) is 3.31. The number of furan rings is 1. The third kappa shape index (κ3) is 2.66. The number of fused-ring (bicyclic) bond motifs is 1. The van der Waals surface area contributed by atoms with E-state index in [1.54, 1.807) is 11.2 Å². The smallest absolute Gasteiger partial charge is 0.292 e. The number of carbonyl (C=O) groups excluding carboxylic acids is 1. The van der Waals surface area contributed by atoms with E-state index in [2.05, 4.69) is 12.1 Å². The standard InChI is InChI=1S/C18H19NO4/c20-18(17-15-6-8-21-10-14(15)11-23-17)19-12-22-9-7-16(19)13-4-2-1-3-5-13/h1-5,11,16H,6-10,12H2. The Bertz CT molecular complexity index is 694. The summed E-state index contributed by atoms with van der Waals surface area (Å²) >= 11 is 0. The maximum absolute atomic E-state index is 13.0. The zero-order valence-corrected chi connectivity index (χ0v) is 12.9. The molecule has 0 radical (unpaired) electrons. The molecule has 0 aliphatic carbocycles. The first-order valence-corrected chi connectivity index (χ1v) is 7.95. The number of amides is 1. The van der Waals surface area contributed by atoms with Gasteiger partial charge in [0.15, 0.2) is 5.76 Å². The Morgan fingerprint density at radius 2 is 2.00 bits per heavy atom. The lowest BCUT2D eigenvalue weighted by Gasteiger charge is -2.35. The predicted octanol–water partition coefficient (Wildman–Crippen LogP) is 2.91. The molecule has 1 fully saturated rings. The molecule has 1 atom stereocenters. The van der Waals surface area contributed by atoms with Crippen molar-refractivity contribution in [3.05, 3.63) is 59.0 Å². The van der Waals surface area contributed by atoms with E-state index in [0.717, 1.165) is 29.5 Å². The first kappa shape index (κ1) is 14.5. The van der Waals surface area contributed by atoms with Crippen molar-refractivity contribution in [2.75, 3.05) is 19.9 Å². The predicted molar refractivity (Wildman–Crippen MR) is 82.9 cm³/mol. The summed E-state index contributed by atoms with van der Waals surface area (Å²) in [5.41, 5.74) is 3.10. The van der Waals surface area contributed by atoms with Gasteiger partial charge >= 0.3 is 0 Å². The Hall–Kier alpha value is -2.11. The Kier molecular flexibility index (Phi) is 3.89. The van der Waals surface area contributed by atoms with E-state index in [4.69, 9.17) is 13.9 Å². The molecule has 2 aromatic rings. The molecule has 1 amide bonds. The minimum atomic E-state index is -0.0956. The largest absolute Gasteiger partial charge is 0.458 e. The van der Waals surface area contributed by atoms with Gasteiger partial charge in [-0.15, -0.1) is 0 Å². The molecule has 5 nitrogen and oxygen atoms in total. The highest BCUT2D eigenvalue weighted by atomic mass is 16.5. The normalized spacial score (nSPS) is 21.0. The van der Waals surface area contributed by atoms with Gasteiger partial charge in [-0.3, -0.25) is 4.79 Å². The zero-order chi connectivity index (χ0) is 15.6. The Labute approximate surface area is 134 Å². The molecule has 2 aliphatic rings. The highest BCUT2D eigenvalue weighted by Crippen LogP contribution is 2.31. The number of nitrogens with zero attached hydrogens (tertiary/aromatic N) is 1. The molecule has 23 heavy (non-hydrogen) atoms. The van der Waals surface area contributed by atoms with Crippen LogP contribution in [0.5, 0.6) is 0 Å². The van der Waals surface area contributed by atoms with Crippen molar-refractivity contribution in [1.82, 2.24) is 4.90 Å². The van der Waals surface area contributed by atoms with E-state index < -0.39 is 0 Å². The molecular formula is C18H19NO4. The molecule has 0 saturated carbocycles. The van der Waals surface area contributed by atoms with Crippen LogP contribution in [0.3, 0.4) is 0 Å². The molecule has 2 aliphatic heterocycles. The molecular weight excluding hydrogens is 294 g/mol. The summed E-state index contributed by atoms with van der Waals surface area (Å²) in [4.78, 5) is 14.8. The van der Waals surface area contributed by atoms with Crippen LogP contribution in [-0.4, -0.2) is 30.8 Å². The lowest BCUT2D eigenvalue weighted by atomic mass is 10.0. The second kappa shape index (κ2) is 6.18. The third-order valence-electron chi connectivity index (χ3n) is 4.52. The molecule has 0 bridgehead atoms. The van der Waals surface area contributed by atoms with Gasteiger partial charge in [0.25, 0.3) is 5.91 Å². The Balaban J connectivity index is 1.64. The van der Waals surface area contributed by atoms with E-state index in [1.807, 2.05) is 18.2 Å². The summed E-state index contributed by atoms with van der Waals surface area (Å²) in [7, 11) is 0. The fourth-order valence-electron chi connectivity index (χ4n) is 3.31. The summed E-state index contributed by atoms with van der Waals surface area (Å²) in [6.45, 7) is 2.11. The topological polar surface area (TPSA) is 51.9 Å². The summed E-state index contributed by atoms with van der Waals surface area (Å²) < 4.78 is 16.5. The van der Waals surface area contributed by atoms with Crippen LogP contribution in [0.4, 0.5) is 0 Å². The van der Waals surface area contributed by atoms with E-state index in [1.165, 1.54) is 0 Å². The van der Waals surface area contributed by atoms with Crippen LogP contribution in [0.15, 0.2) is 41.0 Å². The molecule has 1 aromatic carbocycles. The summed E-state index contributed by atoms with van der Waals surface area (Å²) in [5.74, 6) is 0.344. The lowest BCUT2D eigenvalue weighted by Crippen LogP contribution is -2.41. The highest BCUT2D eigenvalue weighted by molar-refractivity contribution is 5.93. The van der Waals surface area contributed by atoms with Gasteiger partial charge in [0.1, 0.15) is 6.73 Å². The van der Waals surface area contributed by atoms with Crippen molar-refractivity contribution in [3.8, 4) is 0 Å². The average Bonchev–Trinajstić information content (AvgIpc) is 3.06. The maximum Gasteiger partial charge on any atom is 0.292 e. The van der Waals surface area contributed by atoms with Crippen LogP contribution >= 0.6 is 0 Å². The van der Waals surface area contributed by atoms with Gasteiger partial charge in [-0.1, -0.05) is 30.3 Å². The summed E-state index contributed by atoms with van der Waals surface area (Å²) in [6, 6.07) is 10.1. The second-order valence-electron chi connectivity index (χ2n) is 5.90. The van der Waals surface area contributed by atoms with E-state index in [0.29, 0.717) is 32.3 Å². The first-order valence-electron chi connectivity index (χ1n) is 7.95. The Morgan fingerprint density at radius 3 is 2.87 bits per heavy atom. The van der Waals surface area contributed by atoms with Crippen molar-refractivity contribution in [3.63, 3.8) is 0 Å². The van der Waals surface area contributed by atoms with Gasteiger partial charge in [0.05, 0.1) is 32.1 Å². The highest BCUT2D eigenvalue weighted by Gasteiger charge is 2.33. The first-order chi connectivity index (χ1) is 11.3. The third-order valence-corrected chi connectivity index (χ3v) is 4.52. The molecule has 0 spiro atoms. The molecule has 1 saturated heterocycles. The van der Waals surface area contributed by atoms with Crippen molar-refractivity contribution < 1.29 is 18.7 Å². The molecule has 1 aromatic heterocycles. The van der Waals surface area contributed by atoms with Crippen molar-refractivity contribution in [2.24, 2.45) is 0 Å². The minimum absolute atomic E-state index is 0.0260.